The van der Waals surface area contributed by atoms with E-state index in [4.69, 9.17) is 19.9 Å². The second-order valence-corrected chi connectivity index (χ2v) is 5.11. The van der Waals surface area contributed by atoms with Gasteiger partial charge in [0, 0.05) is 19.6 Å². The molecule has 0 unspecified atom stereocenters. The summed E-state index contributed by atoms with van der Waals surface area (Å²) in [6.07, 6.45) is 1.77. The summed E-state index contributed by atoms with van der Waals surface area (Å²) in [5.41, 5.74) is 6.31. The van der Waals surface area contributed by atoms with Crippen molar-refractivity contribution in [3.63, 3.8) is 0 Å². The largest absolute Gasteiger partial charge is 0.493 e. The number of nitrogens with two attached hydrogens (primary N) is 1. The van der Waals surface area contributed by atoms with Crippen LogP contribution in [0.15, 0.2) is 18.2 Å². The van der Waals surface area contributed by atoms with Crippen LogP contribution in [-0.4, -0.2) is 25.9 Å². The quantitative estimate of drug-likeness (QED) is 0.735. The highest BCUT2D eigenvalue weighted by Crippen LogP contribution is 2.27. The fourth-order valence-corrected chi connectivity index (χ4v) is 1.46. The van der Waals surface area contributed by atoms with Crippen molar-refractivity contribution in [1.29, 1.82) is 0 Å². The molecule has 4 nitrogen and oxygen atoms in total. The van der Waals surface area contributed by atoms with Crippen LogP contribution in [0.1, 0.15) is 33.6 Å². The summed E-state index contributed by atoms with van der Waals surface area (Å²) in [4.78, 5) is 0. The molecule has 0 aliphatic carbocycles. The minimum atomic E-state index is -0.171. The summed E-state index contributed by atoms with van der Waals surface area (Å²) < 4.78 is 16.6. The Labute approximate surface area is 115 Å². The number of benzene rings is 1. The molecule has 0 saturated heterocycles. The number of hydrogen-bond acceptors (Lipinski definition) is 4. The van der Waals surface area contributed by atoms with Gasteiger partial charge in [-0.2, -0.15) is 0 Å². The first kappa shape index (κ1) is 15.6. The van der Waals surface area contributed by atoms with Gasteiger partial charge in [-0.05, 0) is 32.4 Å². The van der Waals surface area contributed by atoms with Gasteiger partial charge in [-0.3, -0.25) is 0 Å². The molecule has 0 bridgehead atoms. The van der Waals surface area contributed by atoms with Crippen molar-refractivity contribution in [2.75, 3.05) is 26.1 Å². The third-order valence-corrected chi connectivity index (χ3v) is 2.97. The average Bonchev–Trinajstić information content (AvgIpc) is 2.39. The molecule has 0 radical (unpaired) electrons. The topological polar surface area (TPSA) is 53.7 Å². The minimum Gasteiger partial charge on any atom is -0.493 e. The normalized spacial score (nSPS) is 11.4. The van der Waals surface area contributed by atoms with Crippen molar-refractivity contribution in [2.45, 2.75) is 39.2 Å². The van der Waals surface area contributed by atoms with E-state index in [1.807, 2.05) is 32.0 Å². The maximum absolute atomic E-state index is 5.85. The first-order valence-corrected chi connectivity index (χ1v) is 6.69. The van der Waals surface area contributed by atoms with Crippen LogP contribution < -0.4 is 15.2 Å². The number of nitrogen functional groups attached to an aromatic ring is 1. The zero-order valence-corrected chi connectivity index (χ0v) is 12.4. The lowest BCUT2D eigenvalue weighted by molar-refractivity contribution is 0.00544. The fourth-order valence-electron chi connectivity index (χ4n) is 1.46. The van der Waals surface area contributed by atoms with Crippen LogP contribution in [0.4, 0.5) is 5.69 Å². The van der Waals surface area contributed by atoms with Gasteiger partial charge in [0.15, 0.2) is 0 Å². The van der Waals surface area contributed by atoms with Gasteiger partial charge < -0.3 is 19.9 Å². The van der Waals surface area contributed by atoms with Gasteiger partial charge in [0.1, 0.15) is 11.5 Å². The van der Waals surface area contributed by atoms with Crippen molar-refractivity contribution >= 4 is 5.69 Å². The zero-order valence-electron chi connectivity index (χ0n) is 12.4. The van der Waals surface area contributed by atoms with Crippen LogP contribution in [0.25, 0.3) is 0 Å². The van der Waals surface area contributed by atoms with Crippen LogP contribution in [0.2, 0.25) is 0 Å². The van der Waals surface area contributed by atoms with Crippen molar-refractivity contribution in [3.05, 3.63) is 18.2 Å². The third-order valence-electron chi connectivity index (χ3n) is 2.97. The molecular weight excluding hydrogens is 242 g/mol. The van der Waals surface area contributed by atoms with E-state index >= 15 is 0 Å². The van der Waals surface area contributed by atoms with Gasteiger partial charge in [0.2, 0.25) is 0 Å². The van der Waals surface area contributed by atoms with E-state index in [-0.39, 0.29) is 5.60 Å². The molecule has 0 saturated carbocycles. The summed E-state index contributed by atoms with van der Waals surface area (Å²) in [6.45, 7) is 7.38. The van der Waals surface area contributed by atoms with Gasteiger partial charge in [0.25, 0.3) is 0 Å². The predicted octanol–water partition coefficient (Wildman–Crippen LogP) is 3.25. The third kappa shape index (κ3) is 5.39. The molecule has 0 amide bonds. The van der Waals surface area contributed by atoms with Gasteiger partial charge in [0.05, 0.1) is 24.5 Å². The van der Waals surface area contributed by atoms with Crippen LogP contribution in [0.3, 0.4) is 0 Å². The SMILES string of the molecule is CCCOc1cc(OCCC(C)(C)OC)ccc1N. The van der Waals surface area contributed by atoms with Gasteiger partial charge in [-0.15, -0.1) is 0 Å². The Balaban J connectivity index is 2.54. The van der Waals surface area contributed by atoms with Crippen LogP contribution in [0, 0.1) is 0 Å². The smallest absolute Gasteiger partial charge is 0.145 e. The molecular formula is C15H25NO3. The molecule has 0 spiro atoms. The second-order valence-electron chi connectivity index (χ2n) is 5.11. The summed E-state index contributed by atoms with van der Waals surface area (Å²) in [5.74, 6) is 1.46. The highest BCUT2D eigenvalue weighted by molar-refractivity contribution is 5.55. The first-order chi connectivity index (χ1) is 8.98. The van der Waals surface area contributed by atoms with Crippen molar-refractivity contribution in [2.24, 2.45) is 0 Å². The summed E-state index contributed by atoms with van der Waals surface area (Å²) >= 11 is 0. The lowest BCUT2D eigenvalue weighted by Crippen LogP contribution is -2.25. The minimum absolute atomic E-state index is 0.171. The van der Waals surface area contributed by atoms with Crippen molar-refractivity contribution in [1.82, 2.24) is 0 Å². The maximum Gasteiger partial charge on any atom is 0.145 e. The lowest BCUT2D eigenvalue weighted by atomic mass is 10.1. The Morgan fingerprint density at radius 2 is 1.89 bits per heavy atom. The maximum atomic E-state index is 5.85. The standard InChI is InChI=1S/C15H25NO3/c1-5-9-19-14-11-12(6-7-13(14)16)18-10-8-15(2,3)17-4/h6-7,11H,5,8-10,16H2,1-4H3. The molecule has 19 heavy (non-hydrogen) atoms. The van der Waals surface area contributed by atoms with Gasteiger partial charge in [-0.25, -0.2) is 0 Å². The van der Waals surface area contributed by atoms with Crippen LogP contribution in [0.5, 0.6) is 11.5 Å². The Morgan fingerprint density at radius 1 is 1.16 bits per heavy atom. The number of rotatable bonds is 8. The van der Waals surface area contributed by atoms with E-state index in [1.54, 1.807) is 7.11 Å². The van der Waals surface area contributed by atoms with Gasteiger partial charge in [-0.1, -0.05) is 6.92 Å². The molecule has 0 fully saturated rings. The molecule has 1 aromatic carbocycles. The molecule has 0 aromatic heterocycles. The first-order valence-electron chi connectivity index (χ1n) is 6.69. The molecule has 1 aromatic rings. The molecule has 108 valence electrons. The number of anilines is 1. The highest BCUT2D eigenvalue weighted by Gasteiger charge is 2.16. The molecule has 2 N–H and O–H groups in total. The average molecular weight is 267 g/mol. The van der Waals surface area contributed by atoms with E-state index in [9.17, 15) is 0 Å². The van der Waals surface area contributed by atoms with E-state index in [1.165, 1.54) is 0 Å². The highest BCUT2D eigenvalue weighted by atomic mass is 16.5. The van der Waals surface area contributed by atoms with Crippen molar-refractivity contribution in [3.8, 4) is 11.5 Å². The summed E-state index contributed by atoms with van der Waals surface area (Å²) in [7, 11) is 1.71. The number of methoxy groups -OCH3 is 1. The molecule has 0 heterocycles. The molecule has 4 heteroatoms. The lowest BCUT2D eigenvalue weighted by Gasteiger charge is -2.22. The molecule has 1 rings (SSSR count). The molecule has 0 atom stereocenters. The van der Waals surface area contributed by atoms with Crippen LogP contribution >= 0.6 is 0 Å². The van der Waals surface area contributed by atoms with E-state index in [2.05, 4.69) is 6.92 Å². The van der Waals surface area contributed by atoms with E-state index in [0.717, 1.165) is 18.6 Å². The molecule has 0 aliphatic rings. The van der Waals surface area contributed by atoms with Gasteiger partial charge >= 0.3 is 0 Å². The Bertz CT molecular complexity index is 391. The second kappa shape index (κ2) is 7.24. The summed E-state index contributed by atoms with van der Waals surface area (Å²) in [6, 6.07) is 5.50. The number of ether oxygens (including phenoxy) is 3. The number of hydrogen-bond donors (Lipinski definition) is 1. The van der Waals surface area contributed by atoms with Crippen LogP contribution in [-0.2, 0) is 4.74 Å². The Hall–Kier alpha value is -1.42. The summed E-state index contributed by atoms with van der Waals surface area (Å²) in [5, 5.41) is 0. The monoisotopic (exact) mass is 267 g/mol. The molecule has 0 aliphatic heterocycles. The Morgan fingerprint density at radius 3 is 2.53 bits per heavy atom. The fraction of sp³-hybridized carbons (Fsp3) is 0.600. The van der Waals surface area contributed by atoms with E-state index in [0.29, 0.717) is 24.7 Å². The van der Waals surface area contributed by atoms with E-state index < -0.39 is 0 Å². The Kier molecular flexibility index (Phi) is 5.96. The zero-order chi connectivity index (χ0) is 14.3. The predicted molar refractivity (Wildman–Crippen MR) is 77.8 cm³/mol. The van der Waals surface area contributed by atoms with Crippen molar-refractivity contribution < 1.29 is 14.2 Å².